The van der Waals surface area contributed by atoms with E-state index >= 15 is 0 Å². The quantitative estimate of drug-likeness (QED) is 0.732. The first-order valence-corrected chi connectivity index (χ1v) is 6.48. The lowest BCUT2D eigenvalue weighted by atomic mass is 9.77. The normalized spacial score (nSPS) is 29.0. The fourth-order valence-corrected chi connectivity index (χ4v) is 2.92. The van der Waals surface area contributed by atoms with Crippen LogP contribution in [0.1, 0.15) is 45.4 Å². The van der Waals surface area contributed by atoms with Crippen LogP contribution in [0, 0.1) is 11.8 Å². The minimum Gasteiger partial charge on any atom is -0.383 e. The fourth-order valence-electron chi connectivity index (χ4n) is 2.92. The Morgan fingerprint density at radius 1 is 1.27 bits per heavy atom. The van der Waals surface area contributed by atoms with Crippen molar-refractivity contribution in [2.45, 2.75) is 51.5 Å². The van der Waals surface area contributed by atoms with Crippen molar-refractivity contribution >= 4 is 0 Å². The minimum atomic E-state index is 0.567. The van der Waals surface area contributed by atoms with E-state index in [2.05, 4.69) is 19.3 Å². The van der Waals surface area contributed by atoms with Gasteiger partial charge in [-0.2, -0.15) is 0 Å². The van der Waals surface area contributed by atoms with Crippen LogP contribution in [0.2, 0.25) is 0 Å². The van der Waals surface area contributed by atoms with E-state index in [1.54, 1.807) is 7.11 Å². The molecule has 0 aromatic carbocycles. The maximum atomic E-state index is 5.26. The molecule has 1 aliphatic carbocycles. The molecule has 1 aliphatic rings. The Hall–Kier alpha value is -0.0800. The second-order valence-corrected chi connectivity index (χ2v) is 4.92. The van der Waals surface area contributed by atoms with Crippen molar-refractivity contribution in [1.82, 2.24) is 5.32 Å². The number of ether oxygens (including phenoxy) is 1. The molecule has 1 unspecified atom stereocenters. The van der Waals surface area contributed by atoms with Crippen LogP contribution < -0.4 is 5.32 Å². The molecule has 1 atom stereocenters. The number of rotatable bonds is 6. The van der Waals surface area contributed by atoms with Gasteiger partial charge in [0.05, 0.1) is 6.61 Å². The molecule has 1 rings (SSSR count). The van der Waals surface area contributed by atoms with Gasteiger partial charge in [-0.3, -0.25) is 0 Å². The highest BCUT2D eigenvalue weighted by Crippen LogP contribution is 2.33. The van der Waals surface area contributed by atoms with Gasteiger partial charge in [0.25, 0.3) is 0 Å². The lowest BCUT2D eigenvalue weighted by molar-refractivity contribution is 0.119. The predicted octanol–water partition coefficient (Wildman–Crippen LogP) is 2.83. The summed E-state index contributed by atoms with van der Waals surface area (Å²) in [7, 11) is 3.86. The molecule has 0 aliphatic heterocycles. The first kappa shape index (κ1) is 13.0. The summed E-state index contributed by atoms with van der Waals surface area (Å²) in [5.74, 6) is 1.84. The standard InChI is InChI=1S/C13H27NO/c1-4-5-11-6-8-12(9-7-11)13(14-2)10-15-3/h11-14H,4-10H2,1-3H3. The lowest BCUT2D eigenvalue weighted by Crippen LogP contribution is -2.39. The second kappa shape index (κ2) is 7.24. The van der Waals surface area contributed by atoms with Crippen LogP contribution in [0.4, 0.5) is 0 Å². The van der Waals surface area contributed by atoms with Crippen LogP contribution in [-0.2, 0) is 4.74 Å². The van der Waals surface area contributed by atoms with Crippen molar-refractivity contribution in [2.75, 3.05) is 20.8 Å². The summed E-state index contributed by atoms with van der Waals surface area (Å²) in [6.07, 6.45) is 8.42. The third-order valence-corrected chi connectivity index (χ3v) is 3.87. The van der Waals surface area contributed by atoms with Crippen LogP contribution in [0.5, 0.6) is 0 Å². The molecule has 0 saturated heterocycles. The summed E-state index contributed by atoms with van der Waals surface area (Å²) in [6, 6.07) is 0.567. The first-order valence-electron chi connectivity index (χ1n) is 6.48. The van der Waals surface area contributed by atoms with Gasteiger partial charge in [-0.15, -0.1) is 0 Å². The van der Waals surface area contributed by atoms with E-state index < -0.39 is 0 Å². The van der Waals surface area contributed by atoms with Crippen LogP contribution in [0.15, 0.2) is 0 Å². The molecule has 0 heterocycles. The minimum absolute atomic E-state index is 0.567. The topological polar surface area (TPSA) is 21.3 Å². The van der Waals surface area contributed by atoms with E-state index in [0.29, 0.717) is 6.04 Å². The molecule has 0 amide bonds. The average molecular weight is 213 g/mol. The van der Waals surface area contributed by atoms with Crippen molar-refractivity contribution in [3.8, 4) is 0 Å². The molecule has 1 N–H and O–H groups in total. The molecular formula is C13H27NO. The molecule has 2 heteroatoms. The zero-order valence-corrected chi connectivity index (χ0v) is 10.6. The molecule has 1 saturated carbocycles. The molecule has 0 radical (unpaired) electrons. The maximum absolute atomic E-state index is 5.26. The van der Waals surface area contributed by atoms with E-state index in [1.165, 1.54) is 38.5 Å². The van der Waals surface area contributed by atoms with Crippen molar-refractivity contribution in [2.24, 2.45) is 11.8 Å². The monoisotopic (exact) mass is 213 g/mol. The zero-order valence-electron chi connectivity index (χ0n) is 10.6. The van der Waals surface area contributed by atoms with Crippen molar-refractivity contribution in [3.05, 3.63) is 0 Å². The Balaban J connectivity index is 2.28. The van der Waals surface area contributed by atoms with E-state index in [4.69, 9.17) is 4.74 Å². The number of hydrogen-bond acceptors (Lipinski definition) is 2. The molecule has 0 aromatic rings. The summed E-state index contributed by atoms with van der Waals surface area (Å²) >= 11 is 0. The molecule has 1 fully saturated rings. The fraction of sp³-hybridized carbons (Fsp3) is 1.00. The van der Waals surface area contributed by atoms with Gasteiger partial charge in [-0.1, -0.05) is 32.6 Å². The van der Waals surface area contributed by atoms with Gasteiger partial charge in [0.1, 0.15) is 0 Å². The molecular weight excluding hydrogens is 186 g/mol. The SMILES string of the molecule is CCCC1CCC(C(COC)NC)CC1. The van der Waals surface area contributed by atoms with E-state index in [0.717, 1.165) is 18.4 Å². The predicted molar refractivity (Wildman–Crippen MR) is 65.1 cm³/mol. The smallest absolute Gasteiger partial charge is 0.0618 e. The second-order valence-electron chi connectivity index (χ2n) is 4.92. The molecule has 90 valence electrons. The Morgan fingerprint density at radius 2 is 1.93 bits per heavy atom. The van der Waals surface area contributed by atoms with E-state index in [-0.39, 0.29) is 0 Å². The summed E-state index contributed by atoms with van der Waals surface area (Å²) in [4.78, 5) is 0. The van der Waals surface area contributed by atoms with Crippen LogP contribution in [-0.4, -0.2) is 26.8 Å². The molecule has 0 bridgehead atoms. The molecule has 0 aromatic heterocycles. The number of likely N-dealkylation sites (N-methyl/N-ethyl adjacent to an activating group) is 1. The van der Waals surface area contributed by atoms with Crippen LogP contribution in [0.3, 0.4) is 0 Å². The lowest BCUT2D eigenvalue weighted by Gasteiger charge is -2.33. The Kier molecular flexibility index (Phi) is 6.26. The van der Waals surface area contributed by atoms with Crippen molar-refractivity contribution < 1.29 is 4.74 Å². The summed E-state index contributed by atoms with van der Waals surface area (Å²) < 4.78 is 5.26. The van der Waals surface area contributed by atoms with Gasteiger partial charge in [0.2, 0.25) is 0 Å². The number of hydrogen-bond donors (Lipinski definition) is 1. The first-order chi connectivity index (χ1) is 7.31. The maximum Gasteiger partial charge on any atom is 0.0618 e. The summed E-state index contributed by atoms with van der Waals surface area (Å²) in [5.41, 5.74) is 0. The largest absolute Gasteiger partial charge is 0.383 e. The van der Waals surface area contributed by atoms with Gasteiger partial charge in [0.15, 0.2) is 0 Å². The summed E-state index contributed by atoms with van der Waals surface area (Å²) in [6.45, 7) is 3.16. The Bertz CT molecular complexity index is 153. The van der Waals surface area contributed by atoms with Crippen molar-refractivity contribution in [1.29, 1.82) is 0 Å². The number of nitrogens with one attached hydrogen (secondary N) is 1. The van der Waals surface area contributed by atoms with Gasteiger partial charge < -0.3 is 10.1 Å². The summed E-state index contributed by atoms with van der Waals surface area (Å²) in [5, 5.41) is 3.39. The van der Waals surface area contributed by atoms with E-state index in [1.807, 2.05) is 0 Å². The molecule has 0 spiro atoms. The van der Waals surface area contributed by atoms with Gasteiger partial charge in [0, 0.05) is 13.2 Å². The highest BCUT2D eigenvalue weighted by molar-refractivity contribution is 4.80. The van der Waals surface area contributed by atoms with Gasteiger partial charge in [-0.05, 0) is 31.7 Å². The third-order valence-electron chi connectivity index (χ3n) is 3.87. The van der Waals surface area contributed by atoms with Gasteiger partial charge in [-0.25, -0.2) is 0 Å². The molecule has 15 heavy (non-hydrogen) atoms. The number of methoxy groups -OCH3 is 1. The Morgan fingerprint density at radius 3 is 2.40 bits per heavy atom. The van der Waals surface area contributed by atoms with Crippen LogP contribution in [0.25, 0.3) is 0 Å². The van der Waals surface area contributed by atoms with E-state index in [9.17, 15) is 0 Å². The highest BCUT2D eigenvalue weighted by atomic mass is 16.5. The average Bonchev–Trinajstić information content (AvgIpc) is 2.28. The third kappa shape index (κ3) is 4.12. The van der Waals surface area contributed by atoms with Crippen molar-refractivity contribution in [3.63, 3.8) is 0 Å². The molecule has 2 nitrogen and oxygen atoms in total. The highest BCUT2D eigenvalue weighted by Gasteiger charge is 2.26. The van der Waals surface area contributed by atoms with Crippen LogP contribution >= 0.6 is 0 Å². The Labute approximate surface area is 94.8 Å². The van der Waals surface area contributed by atoms with Gasteiger partial charge >= 0.3 is 0 Å². The zero-order chi connectivity index (χ0) is 11.1.